The van der Waals surface area contributed by atoms with E-state index in [4.69, 9.17) is 5.11 Å². The normalized spacial score (nSPS) is 15.7. The highest BCUT2D eigenvalue weighted by Gasteiger charge is 2.07. The van der Waals surface area contributed by atoms with E-state index in [9.17, 15) is 0 Å². The molecule has 2 unspecified atom stereocenters. The Hall–Kier alpha value is -1.60. The third kappa shape index (κ3) is 29.8. The molecule has 1 N–H and O–H groups in total. The number of aliphatic hydroxyl groups is 1. The maximum Gasteiger partial charge on any atom is 0.0614 e. The van der Waals surface area contributed by atoms with Crippen molar-refractivity contribution in [1.82, 2.24) is 0 Å². The summed E-state index contributed by atoms with van der Waals surface area (Å²) in [6.07, 6.45) is 38.1. The molecule has 0 aliphatic rings. The zero-order chi connectivity index (χ0) is 34.6. The molecular formula is C45H80O. The van der Waals surface area contributed by atoms with Crippen molar-refractivity contribution in [2.45, 2.75) is 191 Å². The lowest BCUT2D eigenvalue weighted by atomic mass is 9.91. The van der Waals surface area contributed by atoms with E-state index in [0.29, 0.717) is 0 Å². The van der Waals surface area contributed by atoms with Crippen LogP contribution in [0.3, 0.4) is 0 Å². The van der Waals surface area contributed by atoms with Gasteiger partial charge in [-0.1, -0.05) is 143 Å². The van der Waals surface area contributed by atoms with Gasteiger partial charge in [0.1, 0.15) is 0 Å². The van der Waals surface area contributed by atoms with Crippen molar-refractivity contribution in [2.75, 3.05) is 6.61 Å². The second kappa shape index (κ2) is 29.5. The second-order valence-corrected chi connectivity index (χ2v) is 15.5. The van der Waals surface area contributed by atoms with E-state index in [-0.39, 0.29) is 6.61 Å². The zero-order valence-corrected chi connectivity index (χ0v) is 32.8. The maximum atomic E-state index is 8.97. The SMILES string of the molecule is C/C(=C\CO)CC/C=C(\C)CC/C=C(\C)CC/C=C(\C)CC/C=C(\C)CC/C=C(\C)CCCC(C)CCCC(C)CCCC(C)C. The number of rotatable bonds is 28. The molecule has 0 saturated carbocycles. The summed E-state index contributed by atoms with van der Waals surface area (Å²) in [5, 5.41) is 8.97. The van der Waals surface area contributed by atoms with Crippen LogP contribution in [0.15, 0.2) is 69.9 Å². The van der Waals surface area contributed by atoms with Crippen LogP contribution in [0.4, 0.5) is 0 Å². The average molecular weight is 637 g/mol. The molecule has 0 fully saturated rings. The van der Waals surface area contributed by atoms with E-state index in [0.717, 1.165) is 49.9 Å². The number of hydrogen-bond acceptors (Lipinski definition) is 1. The lowest BCUT2D eigenvalue weighted by Crippen LogP contribution is -2.00. The van der Waals surface area contributed by atoms with Gasteiger partial charge in [-0.25, -0.2) is 0 Å². The topological polar surface area (TPSA) is 20.2 Å². The van der Waals surface area contributed by atoms with E-state index in [1.807, 2.05) is 6.08 Å². The number of allylic oxidation sites excluding steroid dienone is 11. The van der Waals surface area contributed by atoms with Crippen molar-refractivity contribution in [2.24, 2.45) is 17.8 Å². The highest BCUT2D eigenvalue weighted by Crippen LogP contribution is 2.22. The fourth-order valence-electron chi connectivity index (χ4n) is 6.21. The van der Waals surface area contributed by atoms with Crippen LogP contribution >= 0.6 is 0 Å². The first kappa shape index (κ1) is 44.4. The van der Waals surface area contributed by atoms with E-state index in [1.165, 1.54) is 112 Å². The molecule has 0 aromatic carbocycles. The summed E-state index contributed by atoms with van der Waals surface area (Å²) in [7, 11) is 0. The van der Waals surface area contributed by atoms with Gasteiger partial charge in [-0.3, -0.25) is 0 Å². The van der Waals surface area contributed by atoms with Crippen molar-refractivity contribution in [1.29, 1.82) is 0 Å². The Labute approximate surface area is 289 Å². The van der Waals surface area contributed by atoms with Crippen molar-refractivity contribution in [3.05, 3.63) is 69.9 Å². The molecule has 0 saturated heterocycles. The lowest BCUT2D eigenvalue weighted by Gasteiger charge is -2.15. The first-order valence-corrected chi connectivity index (χ1v) is 19.5. The van der Waals surface area contributed by atoms with E-state index in [2.05, 4.69) is 99.6 Å². The van der Waals surface area contributed by atoms with E-state index in [1.54, 1.807) is 11.1 Å². The Morgan fingerprint density at radius 3 is 1.00 bits per heavy atom. The fraction of sp³-hybridized carbons (Fsp3) is 0.733. The minimum atomic E-state index is 0.153. The third-order valence-electron chi connectivity index (χ3n) is 9.74. The van der Waals surface area contributed by atoms with Gasteiger partial charge < -0.3 is 5.11 Å². The summed E-state index contributed by atoms with van der Waals surface area (Å²) in [4.78, 5) is 0. The summed E-state index contributed by atoms with van der Waals surface area (Å²) in [6.45, 7) is 23.4. The van der Waals surface area contributed by atoms with Gasteiger partial charge in [-0.05, 0) is 136 Å². The molecule has 2 atom stereocenters. The summed E-state index contributed by atoms with van der Waals surface area (Å²) >= 11 is 0. The quantitative estimate of drug-likeness (QED) is 0.0847. The molecule has 0 bridgehead atoms. The molecule has 0 spiro atoms. The van der Waals surface area contributed by atoms with Crippen LogP contribution in [0.1, 0.15) is 191 Å². The molecular weight excluding hydrogens is 556 g/mol. The predicted octanol–water partition coefficient (Wildman–Crippen LogP) is 15.0. The highest BCUT2D eigenvalue weighted by atomic mass is 16.2. The van der Waals surface area contributed by atoms with Gasteiger partial charge in [0.2, 0.25) is 0 Å². The van der Waals surface area contributed by atoms with Crippen molar-refractivity contribution >= 4 is 0 Å². The second-order valence-electron chi connectivity index (χ2n) is 15.5. The molecule has 0 radical (unpaired) electrons. The molecule has 0 amide bonds. The summed E-state index contributed by atoms with van der Waals surface area (Å²) < 4.78 is 0. The third-order valence-corrected chi connectivity index (χ3v) is 9.74. The molecule has 0 rings (SSSR count). The van der Waals surface area contributed by atoms with Crippen LogP contribution in [0, 0.1) is 17.8 Å². The Morgan fingerprint density at radius 2 is 0.674 bits per heavy atom. The average Bonchev–Trinajstić information content (AvgIpc) is 2.97. The van der Waals surface area contributed by atoms with Gasteiger partial charge in [-0.15, -0.1) is 0 Å². The molecule has 1 heteroatoms. The van der Waals surface area contributed by atoms with Gasteiger partial charge >= 0.3 is 0 Å². The van der Waals surface area contributed by atoms with Crippen LogP contribution in [-0.4, -0.2) is 11.7 Å². The summed E-state index contributed by atoms with van der Waals surface area (Å²) in [6, 6.07) is 0. The Kier molecular flexibility index (Phi) is 28.5. The molecule has 46 heavy (non-hydrogen) atoms. The smallest absolute Gasteiger partial charge is 0.0614 e. The fourth-order valence-corrected chi connectivity index (χ4v) is 6.21. The first-order chi connectivity index (χ1) is 21.9. The largest absolute Gasteiger partial charge is 0.392 e. The number of hydrogen-bond donors (Lipinski definition) is 1. The minimum Gasteiger partial charge on any atom is -0.392 e. The summed E-state index contributed by atoms with van der Waals surface area (Å²) in [5.74, 6) is 2.65. The molecule has 0 heterocycles. The van der Waals surface area contributed by atoms with Crippen LogP contribution in [-0.2, 0) is 0 Å². The molecule has 266 valence electrons. The molecule has 0 aromatic rings. The molecule has 0 aromatic heterocycles. The van der Waals surface area contributed by atoms with Gasteiger partial charge in [0.15, 0.2) is 0 Å². The Morgan fingerprint density at radius 1 is 0.391 bits per heavy atom. The first-order valence-electron chi connectivity index (χ1n) is 19.5. The van der Waals surface area contributed by atoms with Gasteiger partial charge in [0.25, 0.3) is 0 Å². The number of aliphatic hydroxyl groups excluding tert-OH is 1. The van der Waals surface area contributed by atoms with E-state index >= 15 is 0 Å². The van der Waals surface area contributed by atoms with Crippen LogP contribution in [0.25, 0.3) is 0 Å². The predicted molar refractivity (Wildman–Crippen MR) is 211 cm³/mol. The van der Waals surface area contributed by atoms with E-state index < -0.39 is 0 Å². The zero-order valence-electron chi connectivity index (χ0n) is 32.8. The van der Waals surface area contributed by atoms with Crippen LogP contribution in [0.5, 0.6) is 0 Å². The van der Waals surface area contributed by atoms with Crippen LogP contribution in [0.2, 0.25) is 0 Å². The maximum absolute atomic E-state index is 8.97. The van der Waals surface area contributed by atoms with Crippen molar-refractivity contribution in [3.63, 3.8) is 0 Å². The highest BCUT2D eigenvalue weighted by molar-refractivity contribution is 5.09. The minimum absolute atomic E-state index is 0.153. The molecule has 0 aliphatic carbocycles. The van der Waals surface area contributed by atoms with Crippen molar-refractivity contribution in [3.8, 4) is 0 Å². The van der Waals surface area contributed by atoms with Gasteiger partial charge in [-0.2, -0.15) is 0 Å². The lowest BCUT2D eigenvalue weighted by molar-refractivity contribution is 0.341. The van der Waals surface area contributed by atoms with Crippen molar-refractivity contribution < 1.29 is 5.11 Å². The summed E-state index contributed by atoms with van der Waals surface area (Å²) in [5.41, 5.74) is 8.93. The Bertz CT molecular complexity index is 934. The van der Waals surface area contributed by atoms with Gasteiger partial charge in [0.05, 0.1) is 6.61 Å². The van der Waals surface area contributed by atoms with Gasteiger partial charge in [0, 0.05) is 0 Å². The standard InChI is InChI=1S/C45H80O/c1-37(2)19-11-20-38(3)21-12-22-39(4)23-13-24-40(5)25-14-26-41(6)27-15-28-42(7)29-16-30-43(8)31-17-32-44(9)33-18-34-45(10)35-36-46/h25,27,29,31,33,35,37-39,46H,11-24,26,28,30,32,34,36H2,1-10H3/b40-25+,41-27+,42-29+,43-31+,44-33+,45-35+. The molecule has 1 nitrogen and oxygen atoms in total. The monoisotopic (exact) mass is 637 g/mol. The Balaban J connectivity index is 4.07. The molecule has 0 aliphatic heterocycles. The van der Waals surface area contributed by atoms with Crippen LogP contribution < -0.4 is 0 Å².